The van der Waals surface area contributed by atoms with Crippen LogP contribution >= 0.6 is 0 Å². The minimum absolute atomic E-state index is 0.0402. The predicted octanol–water partition coefficient (Wildman–Crippen LogP) is 3.58. The SMILES string of the molecule is CC1(C)C[C@H](N2CCc3cc(-c4cc5ccc(=O)oc5cc4O)nnc32)[C@H](F)C(C)(C)N1. The Morgan fingerprint density at radius 3 is 2.75 bits per heavy atom. The van der Waals surface area contributed by atoms with Crippen LogP contribution in [0.5, 0.6) is 5.75 Å². The molecule has 0 radical (unpaired) electrons. The van der Waals surface area contributed by atoms with Crippen molar-refractivity contribution in [1.29, 1.82) is 0 Å². The fourth-order valence-corrected chi connectivity index (χ4v) is 5.33. The third kappa shape index (κ3) is 3.43. The summed E-state index contributed by atoms with van der Waals surface area (Å²) < 4.78 is 20.6. The number of alkyl halides is 1. The van der Waals surface area contributed by atoms with Crippen molar-refractivity contribution in [2.45, 2.75) is 63.8 Å². The Labute approximate surface area is 185 Å². The van der Waals surface area contributed by atoms with Crippen molar-refractivity contribution in [3.8, 4) is 17.0 Å². The number of hydrogen-bond donors (Lipinski definition) is 2. The highest BCUT2D eigenvalue weighted by Gasteiger charge is 2.49. The van der Waals surface area contributed by atoms with E-state index >= 15 is 4.39 Å². The zero-order chi connectivity index (χ0) is 22.8. The van der Waals surface area contributed by atoms with E-state index in [9.17, 15) is 9.90 Å². The van der Waals surface area contributed by atoms with Gasteiger partial charge in [0.15, 0.2) is 5.82 Å². The van der Waals surface area contributed by atoms with Crippen LogP contribution in [0.3, 0.4) is 0 Å². The number of rotatable bonds is 2. The highest BCUT2D eigenvalue weighted by Crippen LogP contribution is 2.40. The number of fused-ring (bicyclic) bond motifs is 2. The smallest absolute Gasteiger partial charge is 0.336 e. The van der Waals surface area contributed by atoms with Gasteiger partial charge in [0.05, 0.1) is 11.7 Å². The zero-order valence-corrected chi connectivity index (χ0v) is 18.6. The average molecular weight is 439 g/mol. The van der Waals surface area contributed by atoms with Gasteiger partial charge >= 0.3 is 5.63 Å². The van der Waals surface area contributed by atoms with Gasteiger partial charge in [-0.15, -0.1) is 10.2 Å². The van der Waals surface area contributed by atoms with E-state index < -0.39 is 17.3 Å². The highest BCUT2D eigenvalue weighted by atomic mass is 19.1. The van der Waals surface area contributed by atoms with Crippen molar-refractivity contribution < 1.29 is 13.9 Å². The summed E-state index contributed by atoms with van der Waals surface area (Å²) in [5.41, 5.74) is 1.01. The van der Waals surface area contributed by atoms with Crippen LogP contribution in [0.2, 0.25) is 0 Å². The second-order valence-electron chi connectivity index (χ2n) is 10.1. The maximum atomic E-state index is 15.5. The summed E-state index contributed by atoms with van der Waals surface area (Å²) >= 11 is 0. The van der Waals surface area contributed by atoms with Gasteiger partial charge in [-0.25, -0.2) is 9.18 Å². The fourth-order valence-electron chi connectivity index (χ4n) is 5.33. The number of aromatic nitrogens is 2. The first-order valence-electron chi connectivity index (χ1n) is 10.9. The van der Waals surface area contributed by atoms with Crippen LogP contribution in [0.1, 0.15) is 39.7 Å². The van der Waals surface area contributed by atoms with Gasteiger partial charge in [0.2, 0.25) is 0 Å². The molecule has 168 valence electrons. The lowest BCUT2D eigenvalue weighted by molar-refractivity contribution is 0.0555. The number of aromatic hydroxyl groups is 1. The number of hydrogen-bond acceptors (Lipinski definition) is 7. The van der Waals surface area contributed by atoms with Crippen LogP contribution in [0.4, 0.5) is 10.2 Å². The molecule has 5 rings (SSSR count). The third-order valence-electron chi connectivity index (χ3n) is 6.57. The van der Waals surface area contributed by atoms with Crippen LogP contribution < -0.4 is 15.8 Å². The summed E-state index contributed by atoms with van der Waals surface area (Å²) in [6, 6.07) is 7.75. The minimum atomic E-state index is -1.05. The molecule has 2 aromatic heterocycles. The summed E-state index contributed by atoms with van der Waals surface area (Å²) in [6.07, 6.45) is 0.345. The lowest BCUT2D eigenvalue weighted by Crippen LogP contribution is -2.69. The van der Waals surface area contributed by atoms with Gasteiger partial charge in [-0.1, -0.05) is 0 Å². The second kappa shape index (κ2) is 7.00. The standard InChI is InChI=1S/C24H27FN4O3/c1-23(2)12-17(21(25)24(3,4)28-23)29-8-7-14-10-16(26-27-22(14)29)15-9-13-5-6-20(31)32-19(13)11-18(15)30/h5-6,9-11,17,21,28,30H,7-8,12H2,1-4H3/t17-,21-/m0/s1. The first kappa shape index (κ1) is 20.9. The highest BCUT2D eigenvalue weighted by molar-refractivity contribution is 5.86. The number of benzene rings is 1. The molecule has 0 saturated carbocycles. The average Bonchev–Trinajstić information content (AvgIpc) is 3.12. The summed E-state index contributed by atoms with van der Waals surface area (Å²) in [7, 11) is 0. The normalized spacial score (nSPS) is 24.0. The predicted molar refractivity (Wildman–Crippen MR) is 121 cm³/mol. The molecule has 3 aromatic rings. The molecule has 0 aliphatic carbocycles. The van der Waals surface area contributed by atoms with E-state index in [1.165, 1.54) is 12.1 Å². The van der Waals surface area contributed by atoms with Crippen LogP contribution in [0.15, 0.2) is 39.5 Å². The molecule has 4 heterocycles. The van der Waals surface area contributed by atoms with E-state index in [1.807, 2.05) is 19.9 Å². The molecule has 0 unspecified atom stereocenters. The summed E-state index contributed by atoms with van der Waals surface area (Å²) in [5.74, 6) is 0.669. The summed E-state index contributed by atoms with van der Waals surface area (Å²) in [6.45, 7) is 8.69. The Kier molecular flexibility index (Phi) is 4.57. The first-order valence-corrected chi connectivity index (χ1v) is 10.9. The van der Waals surface area contributed by atoms with Crippen LogP contribution in [0.25, 0.3) is 22.2 Å². The van der Waals surface area contributed by atoms with Crippen LogP contribution in [-0.2, 0) is 6.42 Å². The van der Waals surface area contributed by atoms with E-state index in [4.69, 9.17) is 4.42 Å². The molecule has 2 atom stereocenters. The molecule has 1 aromatic carbocycles. The molecule has 8 heteroatoms. The number of anilines is 1. The van der Waals surface area contributed by atoms with E-state index in [2.05, 4.69) is 34.3 Å². The topological polar surface area (TPSA) is 91.5 Å². The number of nitrogens with one attached hydrogen (secondary N) is 1. The number of phenols is 1. The first-order chi connectivity index (χ1) is 15.0. The molecule has 0 spiro atoms. The largest absolute Gasteiger partial charge is 0.507 e. The quantitative estimate of drug-likeness (QED) is 0.591. The molecule has 2 aliphatic rings. The van der Waals surface area contributed by atoms with Crippen molar-refractivity contribution in [1.82, 2.24) is 15.5 Å². The summed E-state index contributed by atoms with van der Waals surface area (Å²) in [5, 5.41) is 23.4. The molecule has 0 amide bonds. The molecule has 0 bridgehead atoms. The monoisotopic (exact) mass is 438 g/mol. The lowest BCUT2D eigenvalue weighted by atomic mass is 9.77. The number of halogens is 1. The van der Waals surface area contributed by atoms with Gasteiger partial charge in [-0.05, 0) is 58.7 Å². The van der Waals surface area contributed by atoms with Crippen molar-refractivity contribution in [3.05, 3.63) is 46.3 Å². The van der Waals surface area contributed by atoms with E-state index in [-0.39, 0.29) is 17.3 Å². The molecule has 2 N–H and O–H groups in total. The Morgan fingerprint density at radius 1 is 1.19 bits per heavy atom. The maximum absolute atomic E-state index is 15.5. The molecule has 1 fully saturated rings. The molecular formula is C24H27FN4O3. The van der Waals surface area contributed by atoms with Gasteiger partial charge in [0, 0.05) is 46.3 Å². The number of phenolic OH excluding ortho intramolecular Hbond substituents is 1. The van der Waals surface area contributed by atoms with Gasteiger partial charge in [0.1, 0.15) is 17.5 Å². The van der Waals surface area contributed by atoms with Gasteiger partial charge < -0.3 is 19.7 Å². The van der Waals surface area contributed by atoms with Gasteiger partial charge in [-0.3, -0.25) is 0 Å². The molecule has 32 heavy (non-hydrogen) atoms. The third-order valence-corrected chi connectivity index (χ3v) is 6.57. The van der Waals surface area contributed by atoms with Crippen molar-refractivity contribution in [2.75, 3.05) is 11.4 Å². The van der Waals surface area contributed by atoms with E-state index in [1.54, 1.807) is 12.1 Å². The van der Waals surface area contributed by atoms with Gasteiger partial charge in [0.25, 0.3) is 0 Å². The van der Waals surface area contributed by atoms with E-state index in [0.29, 0.717) is 41.0 Å². The van der Waals surface area contributed by atoms with Crippen molar-refractivity contribution >= 4 is 16.8 Å². The molecule has 1 saturated heterocycles. The second-order valence-corrected chi connectivity index (χ2v) is 10.1. The Bertz CT molecular complexity index is 1270. The molecular weight excluding hydrogens is 411 g/mol. The maximum Gasteiger partial charge on any atom is 0.336 e. The van der Waals surface area contributed by atoms with Crippen LogP contribution in [0, 0.1) is 0 Å². The Hall–Kier alpha value is -3.00. The molecule has 2 aliphatic heterocycles. The van der Waals surface area contributed by atoms with Crippen LogP contribution in [-0.4, -0.2) is 45.1 Å². The number of nitrogens with zero attached hydrogens (tertiary/aromatic N) is 3. The summed E-state index contributed by atoms with van der Waals surface area (Å²) in [4.78, 5) is 13.5. The minimum Gasteiger partial charge on any atom is -0.507 e. The molecule has 7 nitrogen and oxygen atoms in total. The lowest BCUT2D eigenvalue weighted by Gasteiger charge is -2.51. The Balaban J connectivity index is 1.51. The van der Waals surface area contributed by atoms with Gasteiger partial charge in [-0.2, -0.15) is 0 Å². The fraction of sp³-hybridized carbons (Fsp3) is 0.458. The van der Waals surface area contributed by atoms with Crippen molar-refractivity contribution in [3.63, 3.8) is 0 Å². The Morgan fingerprint density at radius 2 is 1.97 bits per heavy atom. The van der Waals surface area contributed by atoms with E-state index in [0.717, 1.165) is 12.0 Å². The number of piperidine rings is 1. The zero-order valence-electron chi connectivity index (χ0n) is 18.6. The van der Waals surface area contributed by atoms with Crippen molar-refractivity contribution in [2.24, 2.45) is 0 Å².